The maximum absolute atomic E-state index is 8.82. The Labute approximate surface area is 96.5 Å². The van der Waals surface area contributed by atoms with Crippen LogP contribution in [-0.4, -0.2) is 24.0 Å². The molecule has 0 unspecified atom stereocenters. The van der Waals surface area contributed by atoms with Crippen LogP contribution in [0.3, 0.4) is 0 Å². The maximum atomic E-state index is 8.82. The summed E-state index contributed by atoms with van der Waals surface area (Å²) in [6.07, 6.45) is 2.18. The van der Waals surface area contributed by atoms with Crippen LogP contribution in [0.4, 0.5) is 0 Å². The topological polar surface area (TPSA) is 53.0 Å². The van der Waals surface area contributed by atoms with Gasteiger partial charge in [0.15, 0.2) is 0 Å². The first kappa shape index (κ1) is 11.1. The lowest BCUT2D eigenvalue weighted by atomic mass is 9.86. The first-order valence-electron chi connectivity index (χ1n) is 5.64. The molecule has 3 heteroatoms. The predicted molar refractivity (Wildman–Crippen MR) is 63.6 cm³/mol. The highest BCUT2D eigenvalue weighted by Crippen LogP contribution is 2.24. The summed E-state index contributed by atoms with van der Waals surface area (Å²) in [5.74, 6) is 0. The molecule has 1 fully saturated rings. The van der Waals surface area contributed by atoms with Crippen molar-refractivity contribution < 1.29 is 0 Å². The Morgan fingerprint density at radius 2 is 2.25 bits per heavy atom. The van der Waals surface area contributed by atoms with E-state index in [9.17, 15) is 0 Å². The second-order valence-corrected chi connectivity index (χ2v) is 4.61. The highest BCUT2D eigenvalue weighted by Gasteiger charge is 2.28. The second kappa shape index (κ2) is 4.65. The van der Waals surface area contributed by atoms with Gasteiger partial charge < -0.3 is 5.73 Å². The molecule has 0 heterocycles. The van der Waals surface area contributed by atoms with Crippen LogP contribution in [0, 0.1) is 11.3 Å². The molecule has 0 aliphatic heterocycles. The zero-order valence-corrected chi connectivity index (χ0v) is 9.56. The van der Waals surface area contributed by atoms with Gasteiger partial charge in [-0.25, -0.2) is 0 Å². The number of hydrogen-bond acceptors (Lipinski definition) is 3. The molecule has 0 saturated heterocycles. The van der Waals surface area contributed by atoms with E-state index in [1.807, 2.05) is 18.2 Å². The third-order valence-electron chi connectivity index (χ3n) is 3.26. The van der Waals surface area contributed by atoms with Gasteiger partial charge in [0.05, 0.1) is 11.6 Å². The molecule has 0 amide bonds. The summed E-state index contributed by atoms with van der Waals surface area (Å²) in [4.78, 5) is 2.32. The van der Waals surface area contributed by atoms with Gasteiger partial charge in [0.25, 0.3) is 0 Å². The summed E-state index contributed by atoms with van der Waals surface area (Å²) in [6, 6.07) is 11.0. The molecule has 2 rings (SSSR count). The van der Waals surface area contributed by atoms with E-state index in [1.54, 1.807) is 0 Å². The van der Waals surface area contributed by atoms with Gasteiger partial charge >= 0.3 is 0 Å². The van der Waals surface area contributed by atoms with Crippen LogP contribution < -0.4 is 5.73 Å². The number of rotatable bonds is 3. The first-order valence-corrected chi connectivity index (χ1v) is 5.64. The molecule has 3 nitrogen and oxygen atoms in total. The van der Waals surface area contributed by atoms with Crippen LogP contribution in [0.2, 0.25) is 0 Å². The lowest BCUT2D eigenvalue weighted by molar-refractivity contribution is 0.132. The van der Waals surface area contributed by atoms with E-state index in [-0.39, 0.29) is 0 Å². The first-order chi connectivity index (χ1) is 7.69. The van der Waals surface area contributed by atoms with E-state index in [0.717, 1.165) is 24.9 Å². The standard InChI is InChI=1S/C13H17N3/c1-16(13-6-12(15)7-13)9-11-4-2-3-10(5-11)8-14/h2-5,12-13H,6-7,9,15H2,1H3. The molecular formula is C13H17N3. The van der Waals surface area contributed by atoms with Crippen molar-refractivity contribution in [3.63, 3.8) is 0 Å². The Morgan fingerprint density at radius 1 is 1.50 bits per heavy atom. The van der Waals surface area contributed by atoms with Crippen LogP contribution in [0.15, 0.2) is 24.3 Å². The van der Waals surface area contributed by atoms with Gasteiger partial charge in [-0.2, -0.15) is 5.26 Å². The zero-order valence-electron chi connectivity index (χ0n) is 9.56. The molecule has 0 aromatic heterocycles. The average molecular weight is 215 g/mol. The van der Waals surface area contributed by atoms with Crippen molar-refractivity contribution in [1.29, 1.82) is 5.26 Å². The number of hydrogen-bond donors (Lipinski definition) is 1. The van der Waals surface area contributed by atoms with Gasteiger partial charge in [-0.05, 0) is 37.6 Å². The van der Waals surface area contributed by atoms with Crippen molar-refractivity contribution in [3.05, 3.63) is 35.4 Å². The van der Waals surface area contributed by atoms with Crippen molar-refractivity contribution in [1.82, 2.24) is 4.90 Å². The Balaban J connectivity index is 1.96. The molecule has 0 atom stereocenters. The normalized spacial score (nSPS) is 23.9. The number of nitrogens with two attached hydrogens (primary N) is 1. The Morgan fingerprint density at radius 3 is 2.88 bits per heavy atom. The molecule has 1 saturated carbocycles. The van der Waals surface area contributed by atoms with Crippen molar-refractivity contribution in [2.45, 2.75) is 31.5 Å². The fourth-order valence-electron chi connectivity index (χ4n) is 2.15. The molecule has 0 bridgehead atoms. The monoisotopic (exact) mass is 215 g/mol. The molecule has 16 heavy (non-hydrogen) atoms. The van der Waals surface area contributed by atoms with E-state index in [2.05, 4.69) is 24.1 Å². The van der Waals surface area contributed by atoms with E-state index >= 15 is 0 Å². The molecule has 1 aromatic carbocycles. The minimum atomic E-state index is 0.387. The van der Waals surface area contributed by atoms with Gasteiger partial charge in [-0.1, -0.05) is 12.1 Å². The average Bonchev–Trinajstić information content (AvgIpc) is 2.25. The van der Waals surface area contributed by atoms with Crippen LogP contribution in [0.25, 0.3) is 0 Å². The summed E-state index contributed by atoms with van der Waals surface area (Å²) in [7, 11) is 2.12. The molecule has 0 radical (unpaired) electrons. The van der Waals surface area contributed by atoms with E-state index in [4.69, 9.17) is 11.0 Å². The Hall–Kier alpha value is -1.37. The lowest BCUT2D eigenvalue weighted by Gasteiger charge is -2.39. The summed E-state index contributed by atoms with van der Waals surface area (Å²) >= 11 is 0. The summed E-state index contributed by atoms with van der Waals surface area (Å²) in [5, 5.41) is 8.82. The maximum Gasteiger partial charge on any atom is 0.0991 e. The molecule has 1 aromatic rings. The van der Waals surface area contributed by atoms with Crippen molar-refractivity contribution in [2.75, 3.05) is 7.05 Å². The molecular weight excluding hydrogens is 198 g/mol. The lowest BCUT2D eigenvalue weighted by Crippen LogP contribution is -2.48. The SMILES string of the molecule is CN(Cc1cccc(C#N)c1)C1CC(N)C1. The van der Waals surface area contributed by atoms with Gasteiger partial charge in [-0.15, -0.1) is 0 Å². The predicted octanol–water partition coefficient (Wildman–Crippen LogP) is 1.48. The van der Waals surface area contributed by atoms with Crippen molar-refractivity contribution >= 4 is 0 Å². The quantitative estimate of drug-likeness (QED) is 0.831. The van der Waals surface area contributed by atoms with E-state index < -0.39 is 0 Å². The molecule has 1 aliphatic carbocycles. The van der Waals surface area contributed by atoms with Gasteiger partial charge in [-0.3, -0.25) is 4.90 Å². The molecule has 1 aliphatic rings. The minimum Gasteiger partial charge on any atom is -0.328 e. The summed E-state index contributed by atoms with van der Waals surface area (Å²) in [6.45, 7) is 0.896. The largest absolute Gasteiger partial charge is 0.328 e. The minimum absolute atomic E-state index is 0.387. The van der Waals surface area contributed by atoms with E-state index in [0.29, 0.717) is 12.1 Å². The van der Waals surface area contributed by atoms with Gasteiger partial charge in [0.1, 0.15) is 0 Å². The van der Waals surface area contributed by atoms with Crippen LogP contribution in [-0.2, 0) is 6.54 Å². The summed E-state index contributed by atoms with van der Waals surface area (Å²) in [5.41, 5.74) is 7.70. The van der Waals surface area contributed by atoms with E-state index in [1.165, 1.54) is 5.56 Å². The van der Waals surface area contributed by atoms with Gasteiger partial charge in [0.2, 0.25) is 0 Å². The van der Waals surface area contributed by atoms with Crippen LogP contribution >= 0.6 is 0 Å². The second-order valence-electron chi connectivity index (χ2n) is 4.61. The third kappa shape index (κ3) is 2.41. The van der Waals surface area contributed by atoms with Gasteiger partial charge in [0, 0.05) is 18.6 Å². The van der Waals surface area contributed by atoms with Crippen LogP contribution in [0.1, 0.15) is 24.0 Å². The zero-order chi connectivity index (χ0) is 11.5. The highest BCUT2D eigenvalue weighted by atomic mass is 15.1. The number of nitrogens with zero attached hydrogens (tertiary/aromatic N) is 2. The fourth-order valence-corrected chi connectivity index (χ4v) is 2.15. The number of nitriles is 1. The smallest absolute Gasteiger partial charge is 0.0991 e. The third-order valence-corrected chi connectivity index (χ3v) is 3.26. The van der Waals surface area contributed by atoms with Crippen molar-refractivity contribution in [3.8, 4) is 6.07 Å². The summed E-state index contributed by atoms with van der Waals surface area (Å²) < 4.78 is 0. The molecule has 0 spiro atoms. The van der Waals surface area contributed by atoms with Crippen LogP contribution in [0.5, 0.6) is 0 Å². The molecule has 84 valence electrons. The Kier molecular flexibility index (Phi) is 3.23. The molecule has 2 N–H and O–H groups in total. The fraction of sp³-hybridized carbons (Fsp3) is 0.462. The Bertz CT molecular complexity index is 402. The highest BCUT2D eigenvalue weighted by molar-refractivity contribution is 5.32. The van der Waals surface area contributed by atoms with Crippen molar-refractivity contribution in [2.24, 2.45) is 5.73 Å². The number of benzene rings is 1.